The van der Waals surface area contributed by atoms with Crippen molar-refractivity contribution in [2.24, 2.45) is 5.73 Å². The standard InChI is InChI=1S/C30H23N5O2/c31-16-19-14-20(18-32-17-19)30(36)35-22-10-8-21(9-11-22)34-23-12-13-33-27(15-23)26-6-3-5-25-24-4-1-2-7-28(24)37-29(25)26/h1-15,17-18H,16,31H2,(H,33,34)(H,35,36). The molecule has 0 aliphatic rings. The third kappa shape index (κ3) is 4.51. The number of carbonyl (C=O) groups excluding carboxylic acids is 1. The molecular weight excluding hydrogens is 462 g/mol. The van der Waals surface area contributed by atoms with E-state index < -0.39 is 0 Å². The second-order valence-electron chi connectivity index (χ2n) is 8.65. The van der Waals surface area contributed by atoms with Gasteiger partial charge in [-0.2, -0.15) is 0 Å². The molecule has 0 fully saturated rings. The molecule has 0 radical (unpaired) electrons. The van der Waals surface area contributed by atoms with Crippen LogP contribution >= 0.6 is 0 Å². The van der Waals surface area contributed by atoms with Gasteiger partial charge in [-0.1, -0.05) is 30.3 Å². The number of carbonyl (C=O) groups is 1. The molecule has 37 heavy (non-hydrogen) atoms. The third-order valence-corrected chi connectivity index (χ3v) is 6.16. The molecule has 0 bridgehead atoms. The summed E-state index contributed by atoms with van der Waals surface area (Å²) in [6, 6.07) is 27.3. The molecule has 180 valence electrons. The molecular formula is C30H23N5O2. The van der Waals surface area contributed by atoms with Crippen LogP contribution in [0.3, 0.4) is 0 Å². The van der Waals surface area contributed by atoms with E-state index in [0.29, 0.717) is 17.8 Å². The number of benzene rings is 3. The van der Waals surface area contributed by atoms with Gasteiger partial charge >= 0.3 is 0 Å². The number of nitrogens with two attached hydrogens (primary N) is 1. The van der Waals surface area contributed by atoms with Gasteiger partial charge in [-0.3, -0.25) is 14.8 Å². The molecule has 0 spiro atoms. The topological polar surface area (TPSA) is 106 Å². The maximum absolute atomic E-state index is 12.6. The summed E-state index contributed by atoms with van der Waals surface area (Å²) in [5.41, 5.74) is 12.8. The quantitative estimate of drug-likeness (QED) is 0.249. The zero-order chi connectivity index (χ0) is 25.2. The zero-order valence-electron chi connectivity index (χ0n) is 19.8. The van der Waals surface area contributed by atoms with Gasteiger partial charge in [-0.05, 0) is 60.2 Å². The fourth-order valence-corrected chi connectivity index (χ4v) is 4.33. The summed E-state index contributed by atoms with van der Waals surface area (Å²) in [6.07, 6.45) is 4.95. The highest BCUT2D eigenvalue weighted by Gasteiger charge is 2.13. The van der Waals surface area contributed by atoms with E-state index in [-0.39, 0.29) is 5.91 Å². The van der Waals surface area contributed by atoms with Gasteiger partial charge < -0.3 is 20.8 Å². The summed E-state index contributed by atoms with van der Waals surface area (Å²) in [5, 5.41) is 8.45. The number of para-hydroxylation sites is 2. The van der Waals surface area contributed by atoms with Crippen LogP contribution in [-0.4, -0.2) is 15.9 Å². The molecule has 4 N–H and O–H groups in total. The van der Waals surface area contributed by atoms with Crippen LogP contribution in [0.5, 0.6) is 0 Å². The molecule has 3 aromatic carbocycles. The number of amides is 1. The molecule has 3 aromatic heterocycles. The molecule has 1 amide bonds. The molecule has 0 saturated carbocycles. The minimum absolute atomic E-state index is 0.234. The van der Waals surface area contributed by atoms with E-state index in [4.69, 9.17) is 10.2 Å². The summed E-state index contributed by atoms with van der Waals surface area (Å²) >= 11 is 0. The van der Waals surface area contributed by atoms with Gasteiger partial charge in [-0.15, -0.1) is 0 Å². The summed E-state index contributed by atoms with van der Waals surface area (Å²) in [4.78, 5) is 21.2. The highest BCUT2D eigenvalue weighted by molar-refractivity contribution is 6.09. The first kappa shape index (κ1) is 22.5. The summed E-state index contributed by atoms with van der Waals surface area (Å²) in [5.74, 6) is -0.234. The summed E-state index contributed by atoms with van der Waals surface area (Å²) in [7, 11) is 0. The molecule has 6 aromatic rings. The maximum atomic E-state index is 12.6. The molecule has 0 saturated heterocycles. The molecule has 0 unspecified atom stereocenters. The number of pyridine rings is 2. The van der Waals surface area contributed by atoms with Gasteiger partial charge in [-0.25, -0.2) is 0 Å². The molecule has 7 heteroatoms. The van der Waals surface area contributed by atoms with Gasteiger partial charge in [0.15, 0.2) is 0 Å². The fourth-order valence-electron chi connectivity index (χ4n) is 4.33. The predicted octanol–water partition coefficient (Wildman–Crippen LogP) is 6.50. The second-order valence-corrected chi connectivity index (χ2v) is 8.65. The number of nitrogens with one attached hydrogen (secondary N) is 2. The van der Waals surface area contributed by atoms with Crippen molar-refractivity contribution in [1.82, 2.24) is 9.97 Å². The Morgan fingerprint density at radius 3 is 2.51 bits per heavy atom. The lowest BCUT2D eigenvalue weighted by Crippen LogP contribution is -2.13. The first-order valence-electron chi connectivity index (χ1n) is 11.9. The largest absolute Gasteiger partial charge is 0.455 e. The van der Waals surface area contributed by atoms with Crippen LogP contribution in [0.25, 0.3) is 33.2 Å². The Morgan fingerprint density at radius 2 is 1.65 bits per heavy atom. The normalized spacial score (nSPS) is 11.1. The molecule has 6 rings (SSSR count). The summed E-state index contributed by atoms with van der Waals surface area (Å²) in [6.45, 7) is 0.332. The van der Waals surface area contributed by atoms with Gasteiger partial charge in [0, 0.05) is 58.5 Å². The van der Waals surface area contributed by atoms with Crippen molar-refractivity contribution in [3.63, 3.8) is 0 Å². The maximum Gasteiger partial charge on any atom is 0.257 e. The summed E-state index contributed by atoms with van der Waals surface area (Å²) < 4.78 is 6.18. The van der Waals surface area contributed by atoms with Gasteiger partial charge in [0.05, 0.1) is 11.3 Å². The van der Waals surface area contributed by atoms with Crippen molar-refractivity contribution in [3.05, 3.63) is 115 Å². The number of aromatic nitrogens is 2. The minimum atomic E-state index is -0.234. The lowest BCUT2D eigenvalue weighted by Gasteiger charge is -2.10. The SMILES string of the molecule is NCc1cncc(C(=O)Nc2ccc(Nc3ccnc(-c4cccc5c4oc4ccccc45)c3)cc2)c1. The van der Waals surface area contributed by atoms with E-state index in [1.165, 1.54) is 6.20 Å². The van der Waals surface area contributed by atoms with Crippen LogP contribution in [0, 0.1) is 0 Å². The van der Waals surface area contributed by atoms with E-state index in [1.54, 1.807) is 18.5 Å². The van der Waals surface area contributed by atoms with E-state index in [9.17, 15) is 4.79 Å². The van der Waals surface area contributed by atoms with E-state index in [1.807, 2.05) is 66.7 Å². The Kier molecular flexibility index (Phi) is 5.80. The highest BCUT2D eigenvalue weighted by Crippen LogP contribution is 2.35. The van der Waals surface area contributed by atoms with Crippen molar-refractivity contribution in [2.45, 2.75) is 6.54 Å². The Morgan fingerprint density at radius 1 is 0.838 bits per heavy atom. The second kappa shape index (κ2) is 9.56. The average Bonchev–Trinajstić information content (AvgIpc) is 3.33. The van der Waals surface area contributed by atoms with Crippen LogP contribution in [0.15, 0.2) is 108 Å². The van der Waals surface area contributed by atoms with Crippen molar-refractivity contribution >= 4 is 44.9 Å². The van der Waals surface area contributed by atoms with Crippen molar-refractivity contribution < 1.29 is 9.21 Å². The highest BCUT2D eigenvalue weighted by atomic mass is 16.3. The number of hydrogen-bond acceptors (Lipinski definition) is 6. The van der Waals surface area contributed by atoms with Crippen molar-refractivity contribution in [2.75, 3.05) is 10.6 Å². The molecule has 0 aliphatic heterocycles. The van der Waals surface area contributed by atoms with E-state index in [2.05, 4.69) is 32.7 Å². The lowest BCUT2D eigenvalue weighted by molar-refractivity contribution is 0.102. The number of hydrogen-bond donors (Lipinski definition) is 3. The fraction of sp³-hybridized carbons (Fsp3) is 0.0333. The van der Waals surface area contributed by atoms with Crippen LogP contribution in [0.4, 0.5) is 17.1 Å². The number of fused-ring (bicyclic) bond motifs is 3. The van der Waals surface area contributed by atoms with E-state index >= 15 is 0 Å². The van der Waals surface area contributed by atoms with E-state index in [0.717, 1.165) is 50.1 Å². The first-order chi connectivity index (χ1) is 18.2. The molecule has 0 atom stereocenters. The van der Waals surface area contributed by atoms with Crippen LogP contribution in [-0.2, 0) is 6.54 Å². The third-order valence-electron chi connectivity index (χ3n) is 6.16. The number of nitrogens with zero attached hydrogens (tertiary/aromatic N) is 2. The van der Waals surface area contributed by atoms with Gasteiger partial charge in [0.1, 0.15) is 11.2 Å². The number of furan rings is 1. The Hall–Kier alpha value is -5.01. The smallest absolute Gasteiger partial charge is 0.257 e. The van der Waals surface area contributed by atoms with Gasteiger partial charge in [0.25, 0.3) is 5.91 Å². The Bertz CT molecular complexity index is 1740. The lowest BCUT2D eigenvalue weighted by atomic mass is 10.1. The number of rotatable bonds is 6. The predicted molar refractivity (Wildman–Crippen MR) is 147 cm³/mol. The van der Waals surface area contributed by atoms with Crippen molar-refractivity contribution in [1.29, 1.82) is 0 Å². The Labute approximate surface area is 213 Å². The van der Waals surface area contributed by atoms with Gasteiger partial charge in [0.2, 0.25) is 0 Å². The monoisotopic (exact) mass is 485 g/mol. The Balaban J connectivity index is 1.21. The van der Waals surface area contributed by atoms with Crippen LogP contribution in [0.2, 0.25) is 0 Å². The average molecular weight is 486 g/mol. The first-order valence-corrected chi connectivity index (χ1v) is 11.9. The van der Waals surface area contributed by atoms with Crippen LogP contribution in [0.1, 0.15) is 15.9 Å². The van der Waals surface area contributed by atoms with Crippen molar-refractivity contribution in [3.8, 4) is 11.3 Å². The van der Waals surface area contributed by atoms with Crippen LogP contribution < -0.4 is 16.4 Å². The molecule has 0 aliphatic carbocycles. The zero-order valence-corrected chi connectivity index (χ0v) is 19.8. The number of anilines is 3. The minimum Gasteiger partial charge on any atom is -0.455 e. The molecule has 7 nitrogen and oxygen atoms in total. The molecule has 3 heterocycles.